The third-order valence-corrected chi connectivity index (χ3v) is 2.76. The Morgan fingerprint density at radius 1 is 1.50 bits per heavy atom. The first-order valence-electron chi connectivity index (χ1n) is 5.13. The average molecular weight is 325 g/mol. The van der Waals surface area contributed by atoms with E-state index in [2.05, 4.69) is 21.2 Å². The molecule has 0 aliphatic heterocycles. The predicted molar refractivity (Wildman–Crippen MR) is 65.1 cm³/mol. The Balaban J connectivity index is 3.12. The summed E-state index contributed by atoms with van der Waals surface area (Å²) in [6.07, 6.45) is -4.58. The standard InChI is InChI=1S/C11H12BrF3N2O/c1-6(5-16)17-10(18)8-3-2-7(12)4-9(8)11(13,14)15/h2-4,6H,5,16H2,1H3,(H,17,18). The molecule has 0 heterocycles. The topological polar surface area (TPSA) is 55.1 Å². The number of hydrogen-bond acceptors (Lipinski definition) is 2. The Hall–Kier alpha value is -1.08. The van der Waals surface area contributed by atoms with Crippen molar-refractivity contribution in [2.45, 2.75) is 19.1 Å². The minimum atomic E-state index is -4.58. The van der Waals surface area contributed by atoms with Crippen LogP contribution in [0.1, 0.15) is 22.8 Å². The Labute approximate surface area is 111 Å². The van der Waals surface area contributed by atoms with E-state index in [0.717, 1.165) is 12.1 Å². The average Bonchev–Trinajstić information content (AvgIpc) is 2.27. The smallest absolute Gasteiger partial charge is 0.348 e. The lowest BCUT2D eigenvalue weighted by Gasteiger charge is -2.15. The zero-order valence-electron chi connectivity index (χ0n) is 9.51. The van der Waals surface area contributed by atoms with Crippen LogP contribution in [0.5, 0.6) is 0 Å². The predicted octanol–water partition coefficient (Wildman–Crippen LogP) is 2.54. The van der Waals surface area contributed by atoms with Crippen LogP contribution in [0.15, 0.2) is 22.7 Å². The van der Waals surface area contributed by atoms with Gasteiger partial charge in [0.25, 0.3) is 5.91 Å². The molecule has 0 saturated heterocycles. The molecule has 0 aliphatic rings. The van der Waals surface area contributed by atoms with Gasteiger partial charge in [-0.15, -0.1) is 0 Å². The number of nitrogens with two attached hydrogens (primary N) is 1. The molecule has 1 rings (SSSR count). The summed E-state index contributed by atoms with van der Waals surface area (Å²) >= 11 is 2.95. The van der Waals surface area contributed by atoms with E-state index in [0.29, 0.717) is 0 Å². The van der Waals surface area contributed by atoms with Crippen molar-refractivity contribution in [1.29, 1.82) is 0 Å². The van der Waals surface area contributed by atoms with Crippen molar-refractivity contribution < 1.29 is 18.0 Å². The molecule has 1 unspecified atom stereocenters. The summed E-state index contributed by atoms with van der Waals surface area (Å²) in [5, 5.41) is 2.40. The van der Waals surface area contributed by atoms with Gasteiger partial charge in [0, 0.05) is 17.1 Å². The van der Waals surface area contributed by atoms with Gasteiger partial charge in [0.1, 0.15) is 0 Å². The first-order valence-corrected chi connectivity index (χ1v) is 5.92. The summed E-state index contributed by atoms with van der Waals surface area (Å²) in [5.41, 5.74) is 3.92. The fraction of sp³-hybridized carbons (Fsp3) is 0.364. The number of hydrogen-bond donors (Lipinski definition) is 2. The number of rotatable bonds is 3. The van der Waals surface area contributed by atoms with E-state index >= 15 is 0 Å². The van der Waals surface area contributed by atoms with Gasteiger partial charge in [0.2, 0.25) is 0 Å². The zero-order valence-corrected chi connectivity index (χ0v) is 11.1. The Kier molecular flexibility index (Phi) is 4.75. The van der Waals surface area contributed by atoms with Gasteiger partial charge in [-0.25, -0.2) is 0 Å². The van der Waals surface area contributed by atoms with Crippen molar-refractivity contribution in [2.24, 2.45) is 5.73 Å². The van der Waals surface area contributed by atoms with Crippen LogP contribution >= 0.6 is 15.9 Å². The summed E-state index contributed by atoms with van der Waals surface area (Å²) in [4.78, 5) is 11.7. The molecule has 1 aromatic carbocycles. The Morgan fingerprint density at radius 2 is 2.11 bits per heavy atom. The minimum absolute atomic E-state index is 0.156. The second-order valence-electron chi connectivity index (χ2n) is 3.80. The molecule has 7 heteroatoms. The third kappa shape index (κ3) is 3.71. The van der Waals surface area contributed by atoms with Crippen LogP contribution in [0, 0.1) is 0 Å². The lowest BCUT2D eigenvalue weighted by atomic mass is 10.1. The lowest BCUT2D eigenvalue weighted by molar-refractivity contribution is -0.138. The number of carbonyl (C=O) groups is 1. The molecule has 1 aromatic rings. The van der Waals surface area contributed by atoms with Gasteiger partial charge < -0.3 is 11.1 Å². The van der Waals surface area contributed by atoms with Crippen LogP contribution in [0.25, 0.3) is 0 Å². The monoisotopic (exact) mass is 324 g/mol. The van der Waals surface area contributed by atoms with Crippen molar-refractivity contribution in [3.8, 4) is 0 Å². The van der Waals surface area contributed by atoms with Gasteiger partial charge in [0.05, 0.1) is 11.1 Å². The molecular formula is C11H12BrF3N2O. The maximum absolute atomic E-state index is 12.8. The van der Waals surface area contributed by atoms with Gasteiger partial charge >= 0.3 is 6.18 Å². The van der Waals surface area contributed by atoms with E-state index in [4.69, 9.17) is 5.73 Å². The van der Waals surface area contributed by atoms with Crippen LogP contribution in [-0.2, 0) is 6.18 Å². The van der Waals surface area contributed by atoms with E-state index < -0.39 is 23.2 Å². The molecule has 1 amide bonds. The molecule has 100 valence electrons. The molecule has 0 aromatic heterocycles. The first-order chi connectivity index (χ1) is 8.25. The summed E-state index contributed by atoms with van der Waals surface area (Å²) in [6.45, 7) is 1.77. The van der Waals surface area contributed by atoms with Crippen molar-refractivity contribution in [3.05, 3.63) is 33.8 Å². The number of benzene rings is 1. The summed E-state index contributed by atoms with van der Waals surface area (Å²) in [5.74, 6) is -0.784. The third-order valence-electron chi connectivity index (χ3n) is 2.26. The largest absolute Gasteiger partial charge is 0.417 e. The number of halogens is 4. The highest BCUT2D eigenvalue weighted by molar-refractivity contribution is 9.10. The highest BCUT2D eigenvalue weighted by atomic mass is 79.9. The quantitative estimate of drug-likeness (QED) is 0.897. The van der Waals surface area contributed by atoms with Crippen LogP contribution in [0.3, 0.4) is 0 Å². The maximum atomic E-state index is 12.8. The fourth-order valence-corrected chi connectivity index (χ4v) is 1.67. The van der Waals surface area contributed by atoms with Crippen molar-refractivity contribution in [2.75, 3.05) is 6.54 Å². The van der Waals surface area contributed by atoms with E-state index in [1.165, 1.54) is 6.07 Å². The second-order valence-corrected chi connectivity index (χ2v) is 4.71. The van der Waals surface area contributed by atoms with E-state index in [1.807, 2.05) is 0 Å². The summed E-state index contributed by atoms with van der Waals surface area (Å²) in [6, 6.07) is 3.01. The first kappa shape index (κ1) is 15.0. The molecule has 3 N–H and O–H groups in total. The highest BCUT2D eigenvalue weighted by Crippen LogP contribution is 2.33. The van der Waals surface area contributed by atoms with Crippen LogP contribution in [0.4, 0.5) is 13.2 Å². The number of amides is 1. The number of nitrogens with one attached hydrogen (secondary N) is 1. The summed E-state index contributed by atoms with van der Waals surface area (Å²) < 4.78 is 38.6. The lowest BCUT2D eigenvalue weighted by Crippen LogP contribution is -2.38. The van der Waals surface area contributed by atoms with Gasteiger partial charge in [-0.1, -0.05) is 15.9 Å². The molecule has 0 radical (unpaired) electrons. The molecule has 0 saturated carbocycles. The van der Waals surface area contributed by atoms with Gasteiger partial charge in [0.15, 0.2) is 0 Å². The summed E-state index contributed by atoms with van der Waals surface area (Å²) in [7, 11) is 0. The Morgan fingerprint density at radius 3 is 2.61 bits per heavy atom. The molecule has 0 spiro atoms. The van der Waals surface area contributed by atoms with Crippen molar-refractivity contribution in [1.82, 2.24) is 5.32 Å². The molecule has 18 heavy (non-hydrogen) atoms. The maximum Gasteiger partial charge on any atom is 0.417 e. The number of alkyl halides is 3. The van der Waals surface area contributed by atoms with E-state index in [1.54, 1.807) is 6.92 Å². The zero-order chi connectivity index (χ0) is 13.9. The van der Waals surface area contributed by atoms with Crippen LogP contribution in [0.2, 0.25) is 0 Å². The SMILES string of the molecule is CC(CN)NC(=O)c1ccc(Br)cc1C(F)(F)F. The van der Waals surface area contributed by atoms with Crippen molar-refractivity contribution >= 4 is 21.8 Å². The van der Waals surface area contributed by atoms with Gasteiger partial charge in [-0.2, -0.15) is 13.2 Å². The van der Waals surface area contributed by atoms with Crippen molar-refractivity contribution in [3.63, 3.8) is 0 Å². The normalized spacial score (nSPS) is 13.2. The fourth-order valence-electron chi connectivity index (χ4n) is 1.31. The molecule has 3 nitrogen and oxygen atoms in total. The second kappa shape index (κ2) is 5.71. The molecule has 0 fully saturated rings. The Bertz CT molecular complexity index is 448. The van der Waals surface area contributed by atoms with Crippen LogP contribution in [-0.4, -0.2) is 18.5 Å². The molecule has 0 bridgehead atoms. The van der Waals surface area contributed by atoms with Gasteiger partial charge in [-0.3, -0.25) is 4.79 Å². The molecule has 1 atom stereocenters. The highest BCUT2D eigenvalue weighted by Gasteiger charge is 2.35. The molecular weight excluding hydrogens is 313 g/mol. The molecule has 0 aliphatic carbocycles. The van der Waals surface area contributed by atoms with E-state index in [9.17, 15) is 18.0 Å². The van der Waals surface area contributed by atoms with Crippen LogP contribution < -0.4 is 11.1 Å². The number of carbonyl (C=O) groups excluding carboxylic acids is 1. The minimum Gasteiger partial charge on any atom is -0.348 e. The van der Waals surface area contributed by atoms with E-state index in [-0.39, 0.29) is 17.1 Å². The van der Waals surface area contributed by atoms with Gasteiger partial charge in [-0.05, 0) is 25.1 Å².